The summed E-state index contributed by atoms with van der Waals surface area (Å²) in [4.78, 5) is 2.39. The van der Waals surface area contributed by atoms with Crippen molar-refractivity contribution in [1.82, 2.24) is 5.32 Å². The van der Waals surface area contributed by atoms with E-state index in [-0.39, 0.29) is 6.10 Å². The molecule has 1 fully saturated rings. The second-order valence-electron chi connectivity index (χ2n) is 6.29. The number of rotatable bonds is 6. The summed E-state index contributed by atoms with van der Waals surface area (Å²) in [6.07, 6.45) is 3.02. The molecule has 0 spiro atoms. The number of hydrogen-bond acceptors (Lipinski definition) is 3. The molecule has 1 saturated heterocycles. The predicted molar refractivity (Wildman–Crippen MR) is 89.8 cm³/mol. The van der Waals surface area contributed by atoms with E-state index in [1.165, 1.54) is 17.7 Å². The van der Waals surface area contributed by atoms with E-state index < -0.39 is 0 Å². The summed E-state index contributed by atoms with van der Waals surface area (Å²) in [5, 5.41) is 13.4. The molecule has 3 nitrogen and oxygen atoms in total. The van der Waals surface area contributed by atoms with Gasteiger partial charge in [-0.1, -0.05) is 32.9 Å². The zero-order chi connectivity index (χ0) is 15.2. The van der Waals surface area contributed by atoms with Crippen LogP contribution in [0, 0.1) is 5.92 Å². The van der Waals surface area contributed by atoms with Crippen LogP contribution in [0.15, 0.2) is 24.3 Å². The molecule has 0 aliphatic carbocycles. The van der Waals surface area contributed by atoms with Gasteiger partial charge in [0.2, 0.25) is 0 Å². The van der Waals surface area contributed by atoms with Crippen molar-refractivity contribution in [2.45, 2.75) is 52.2 Å². The Labute approximate surface area is 129 Å². The molecule has 1 aromatic carbocycles. The van der Waals surface area contributed by atoms with E-state index in [9.17, 15) is 5.11 Å². The first-order valence-corrected chi connectivity index (χ1v) is 8.42. The quantitative estimate of drug-likeness (QED) is 0.843. The molecule has 3 heteroatoms. The van der Waals surface area contributed by atoms with Gasteiger partial charge in [0, 0.05) is 24.8 Å². The third kappa shape index (κ3) is 4.21. The topological polar surface area (TPSA) is 35.5 Å². The summed E-state index contributed by atoms with van der Waals surface area (Å²) in [5.41, 5.74) is 2.66. The fourth-order valence-electron chi connectivity index (χ4n) is 3.10. The Balaban J connectivity index is 2.01. The van der Waals surface area contributed by atoms with E-state index in [2.05, 4.69) is 55.3 Å². The summed E-state index contributed by atoms with van der Waals surface area (Å²) in [7, 11) is 0. The maximum atomic E-state index is 9.84. The average molecular weight is 290 g/mol. The minimum atomic E-state index is -0.136. The lowest BCUT2D eigenvalue weighted by Gasteiger charge is -2.36. The molecule has 1 aliphatic heterocycles. The van der Waals surface area contributed by atoms with Crippen molar-refractivity contribution in [3.63, 3.8) is 0 Å². The lowest BCUT2D eigenvalue weighted by atomic mass is 9.96. The first-order valence-electron chi connectivity index (χ1n) is 8.42. The van der Waals surface area contributed by atoms with Crippen LogP contribution in [0.5, 0.6) is 0 Å². The van der Waals surface area contributed by atoms with Gasteiger partial charge in [-0.3, -0.25) is 0 Å². The fourth-order valence-corrected chi connectivity index (χ4v) is 3.10. The molecule has 1 heterocycles. The van der Waals surface area contributed by atoms with E-state index >= 15 is 0 Å². The standard InChI is InChI=1S/C18H30N2O/c1-4-11-19-17(5-2)15-6-8-16(9-7-15)20-12-10-18(21)14(3)13-20/h6-9,14,17-19,21H,4-5,10-13H2,1-3H3. The minimum absolute atomic E-state index is 0.136. The molecule has 0 aromatic heterocycles. The summed E-state index contributed by atoms with van der Waals surface area (Å²) in [6.45, 7) is 9.54. The molecule has 1 aromatic rings. The maximum Gasteiger partial charge on any atom is 0.0599 e. The molecule has 0 saturated carbocycles. The van der Waals surface area contributed by atoms with Crippen LogP contribution in [0.2, 0.25) is 0 Å². The van der Waals surface area contributed by atoms with Gasteiger partial charge in [0.25, 0.3) is 0 Å². The third-order valence-corrected chi connectivity index (χ3v) is 4.57. The van der Waals surface area contributed by atoms with Crippen molar-refractivity contribution in [2.75, 3.05) is 24.5 Å². The SMILES string of the molecule is CCCNC(CC)c1ccc(N2CCC(O)C(C)C2)cc1. The van der Waals surface area contributed by atoms with Crippen LogP contribution >= 0.6 is 0 Å². The predicted octanol–water partition coefficient (Wildman–Crippen LogP) is 3.34. The Morgan fingerprint density at radius 1 is 1.29 bits per heavy atom. The number of aliphatic hydroxyl groups is 1. The Bertz CT molecular complexity index is 418. The van der Waals surface area contributed by atoms with E-state index in [4.69, 9.17) is 0 Å². The van der Waals surface area contributed by atoms with E-state index in [1.807, 2.05) is 0 Å². The van der Waals surface area contributed by atoms with Crippen molar-refractivity contribution in [2.24, 2.45) is 5.92 Å². The van der Waals surface area contributed by atoms with Gasteiger partial charge in [0.05, 0.1) is 6.10 Å². The Kier molecular flexibility index (Phi) is 6.07. The highest BCUT2D eigenvalue weighted by Crippen LogP contribution is 2.25. The van der Waals surface area contributed by atoms with Crippen LogP contribution in [0.3, 0.4) is 0 Å². The van der Waals surface area contributed by atoms with E-state index in [0.29, 0.717) is 12.0 Å². The summed E-state index contributed by atoms with van der Waals surface area (Å²) >= 11 is 0. The Morgan fingerprint density at radius 3 is 2.57 bits per heavy atom. The first kappa shape index (κ1) is 16.3. The van der Waals surface area contributed by atoms with E-state index in [0.717, 1.165) is 32.5 Å². The van der Waals surface area contributed by atoms with Crippen molar-refractivity contribution in [3.05, 3.63) is 29.8 Å². The molecular weight excluding hydrogens is 260 g/mol. The van der Waals surface area contributed by atoms with Gasteiger partial charge in [-0.15, -0.1) is 0 Å². The number of anilines is 1. The van der Waals surface area contributed by atoms with Crippen LogP contribution < -0.4 is 10.2 Å². The zero-order valence-electron chi connectivity index (χ0n) is 13.7. The summed E-state index contributed by atoms with van der Waals surface area (Å²) in [6, 6.07) is 9.43. The summed E-state index contributed by atoms with van der Waals surface area (Å²) in [5.74, 6) is 0.355. The van der Waals surface area contributed by atoms with Gasteiger partial charge in [-0.2, -0.15) is 0 Å². The van der Waals surface area contributed by atoms with Gasteiger partial charge in [-0.25, -0.2) is 0 Å². The Hall–Kier alpha value is -1.06. The molecule has 3 unspecified atom stereocenters. The second-order valence-corrected chi connectivity index (χ2v) is 6.29. The molecule has 2 N–H and O–H groups in total. The molecular formula is C18H30N2O. The molecule has 3 atom stereocenters. The number of piperidine rings is 1. The van der Waals surface area contributed by atoms with E-state index in [1.54, 1.807) is 0 Å². The van der Waals surface area contributed by atoms with Gasteiger partial charge in [0.1, 0.15) is 0 Å². The monoisotopic (exact) mass is 290 g/mol. The first-order chi connectivity index (χ1) is 10.2. The van der Waals surface area contributed by atoms with Crippen molar-refractivity contribution >= 4 is 5.69 Å². The van der Waals surface area contributed by atoms with Gasteiger partial charge in [0.15, 0.2) is 0 Å². The van der Waals surface area contributed by atoms with Gasteiger partial charge in [-0.05, 0) is 49.4 Å². The number of aliphatic hydroxyl groups excluding tert-OH is 1. The minimum Gasteiger partial charge on any atom is -0.393 e. The summed E-state index contributed by atoms with van der Waals surface area (Å²) < 4.78 is 0. The smallest absolute Gasteiger partial charge is 0.0599 e. The zero-order valence-corrected chi connectivity index (χ0v) is 13.7. The largest absolute Gasteiger partial charge is 0.393 e. The molecule has 0 radical (unpaired) electrons. The molecule has 1 aliphatic rings. The van der Waals surface area contributed by atoms with Crippen molar-refractivity contribution < 1.29 is 5.11 Å². The lowest BCUT2D eigenvalue weighted by Crippen LogP contribution is -2.41. The molecule has 0 bridgehead atoms. The molecule has 2 rings (SSSR count). The number of nitrogens with zero attached hydrogens (tertiary/aromatic N) is 1. The maximum absolute atomic E-state index is 9.84. The molecule has 118 valence electrons. The number of benzene rings is 1. The van der Waals surface area contributed by atoms with Gasteiger partial charge >= 0.3 is 0 Å². The van der Waals surface area contributed by atoms with Crippen LogP contribution in [0.4, 0.5) is 5.69 Å². The number of hydrogen-bond donors (Lipinski definition) is 2. The van der Waals surface area contributed by atoms with Crippen molar-refractivity contribution in [3.8, 4) is 0 Å². The molecule has 0 amide bonds. The second kappa shape index (κ2) is 7.81. The highest BCUT2D eigenvalue weighted by molar-refractivity contribution is 5.48. The van der Waals surface area contributed by atoms with Crippen LogP contribution in [0.25, 0.3) is 0 Å². The average Bonchev–Trinajstić information content (AvgIpc) is 2.51. The van der Waals surface area contributed by atoms with Crippen LogP contribution in [-0.4, -0.2) is 30.8 Å². The highest BCUT2D eigenvalue weighted by Gasteiger charge is 2.24. The number of nitrogens with one attached hydrogen (secondary N) is 1. The highest BCUT2D eigenvalue weighted by atomic mass is 16.3. The Morgan fingerprint density at radius 2 is 2.00 bits per heavy atom. The van der Waals surface area contributed by atoms with Crippen molar-refractivity contribution in [1.29, 1.82) is 0 Å². The van der Waals surface area contributed by atoms with Crippen LogP contribution in [0.1, 0.15) is 51.6 Å². The molecule has 21 heavy (non-hydrogen) atoms. The fraction of sp³-hybridized carbons (Fsp3) is 0.667. The normalized spacial score (nSPS) is 24.1. The van der Waals surface area contributed by atoms with Gasteiger partial charge < -0.3 is 15.3 Å². The van der Waals surface area contributed by atoms with Crippen LogP contribution in [-0.2, 0) is 0 Å². The lowest BCUT2D eigenvalue weighted by molar-refractivity contribution is 0.0971. The third-order valence-electron chi connectivity index (χ3n) is 4.57.